The van der Waals surface area contributed by atoms with Gasteiger partial charge >= 0.3 is 5.97 Å². The minimum absolute atomic E-state index is 0.0176. The zero-order valence-corrected chi connectivity index (χ0v) is 14.0. The molecular weight excluding hydrogens is 320 g/mol. The van der Waals surface area contributed by atoms with Gasteiger partial charge < -0.3 is 19.7 Å². The predicted octanol–water partition coefficient (Wildman–Crippen LogP) is 2.78. The van der Waals surface area contributed by atoms with Crippen molar-refractivity contribution in [1.29, 1.82) is 0 Å². The van der Waals surface area contributed by atoms with Gasteiger partial charge in [-0.3, -0.25) is 0 Å². The van der Waals surface area contributed by atoms with Gasteiger partial charge in [-0.2, -0.15) is 0 Å². The Bertz CT molecular complexity index is 887. The number of aliphatic hydroxyl groups is 1. The molecule has 2 N–H and O–H groups in total. The lowest BCUT2D eigenvalue weighted by molar-refractivity contribution is 0.0674. The molecule has 128 valence electrons. The van der Waals surface area contributed by atoms with Crippen LogP contribution in [-0.2, 0) is 5.41 Å². The number of ether oxygens (including phenoxy) is 2. The third-order valence-electron chi connectivity index (χ3n) is 4.08. The first-order chi connectivity index (χ1) is 11.9. The van der Waals surface area contributed by atoms with Crippen LogP contribution in [0.3, 0.4) is 0 Å². The Morgan fingerprint density at radius 3 is 2.56 bits per heavy atom. The molecule has 0 spiro atoms. The van der Waals surface area contributed by atoms with Gasteiger partial charge in [0.15, 0.2) is 6.79 Å². The van der Waals surface area contributed by atoms with E-state index in [0.717, 1.165) is 16.9 Å². The molecule has 0 amide bonds. The number of hydrogen-bond acceptors (Lipinski definition) is 4. The summed E-state index contributed by atoms with van der Waals surface area (Å²) < 4.78 is 10.6. The van der Waals surface area contributed by atoms with Crippen LogP contribution in [0.4, 0.5) is 0 Å². The molecule has 25 heavy (non-hydrogen) atoms. The summed E-state index contributed by atoms with van der Waals surface area (Å²) in [4.78, 5) is 11.1. The molecule has 5 heteroatoms. The van der Waals surface area contributed by atoms with Gasteiger partial charge in [0.1, 0.15) is 17.1 Å². The van der Waals surface area contributed by atoms with E-state index in [2.05, 4.69) is 25.7 Å². The second kappa shape index (κ2) is 6.50. The minimum atomic E-state index is -1.12. The summed E-state index contributed by atoms with van der Waals surface area (Å²) in [5.74, 6) is 5.93. The standard InChI is InChI=1S/C20H18O5/c1-20(2)11-24-17-8-6-13(9-16(17)20)3-4-14-5-7-15(19(22)23)18(10-14)25-12-21/h5-10,21H,11-12H2,1-2H3,(H,22,23). The molecule has 2 aromatic rings. The van der Waals surface area contributed by atoms with Crippen molar-refractivity contribution in [3.63, 3.8) is 0 Å². The zero-order chi connectivity index (χ0) is 18.0. The molecule has 0 aliphatic carbocycles. The van der Waals surface area contributed by atoms with E-state index in [4.69, 9.17) is 19.7 Å². The molecule has 0 saturated heterocycles. The van der Waals surface area contributed by atoms with Crippen LogP contribution in [0.2, 0.25) is 0 Å². The Balaban J connectivity index is 1.92. The van der Waals surface area contributed by atoms with Gasteiger partial charge in [-0.1, -0.05) is 25.7 Å². The summed E-state index contributed by atoms with van der Waals surface area (Å²) in [5, 5.41) is 18.0. The van der Waals surface area contributed by atoms with Crippen molar-refractivity contribution in [1.82, 2.24) is 0 Å². The quantitative estimate of drug-likeness (QED) is 0.665. The third-order valence-corrected chi connectivity index (χ3v) is 4.08. The molecule has 0 unspecified atom stereocenters. The molecule has 0 aromatic heterocycles. The Morgan fingerprint density at radius 2 is 1.88 bits per heavy atom. The third kappa shape index (κ3) is 3.44. The summed E-state index contributed by atoms with van der Waals surface area (Å²) in [6.45, 7) is 4.30. The Hall–Kier alpha value is -2.97. The van der Waals surface area contributed by atoms with Crippen LogP contribution in [-0.4, -0.2) is 29.6 Å². The summed E-state index contributed by atoms with van der Waals surface area (Å²) >= 11 is 0. The van der Waals surface area contributed by atoms with Gasteiger partial charge in [0.2, 0.25) is 0 Å². The van der Waals surface area contributed by atoms with E-state index in [0.29, 0.717) is 12.2 Å². The summed E-state index contributed by atoms with van der Waals surface area (Å²) in [7, 11) is 0. The van der Waals surface area contributed by atoms with Crippen LogP contribution in [0.5, 0.6) is 11.5 Å². The van der Waals surface area contributed by atoms with Crippen LogP contribution in [0.15, 0.2) is 36.4 Å². The fourth-order valence-electron chi connectivity index (χ4n) is 2.71. The maximum atomic E-state index is 11.1. The summed E-state index contributed by atoms with van der Waals surface area (Å²) in [5.41, 5.74) is 2.52. The second-order valence-electron chi connectivity index (χ2n) is 6.42. The monoisotopic (exact) mass is 338 g/mol. The van der Waals surface area contributed by atoms with Gasteiger partial charge in [0.05, 0.1) is 6.61 Å². The van der Waals surface area contributed by atoms with E-state index in [9.17, 15) is 4.79 Å². The molecule has 5 nitrogen and oxygen atoms in total. The predicted molar refractivity (Wildman–Crippen MR) is 92.1 cm³/mol. The molecule has 1 aliphatic rings. The molecule has 0 saturated carbocycles. The number of aromatic carboxylic acids is 1. The van der Waals surface area contributed by atoms with Crippen molar-refractivity contribution in [3.05, 3.63) is 58.7 Å². The van der Waals surface area contributed by atoms with E-state index in [1.807, 2.05) is 18.2 Å². The van der Waals surface area contributed by atoms with E-state index < -0.39 is 12.8 Å². The number of carboxylic acids is 1. The van der Waals surface area contributed by atoms with Crippen LogP contribution < -0.4 is 9.47 Å². The van der Waals surface area contributed by atoms with Crippen molar-refractivity contribution >= 4 is 5.97 Å². The first kappa shape index (κ1) is 16.9. The number of rotatable bonds is 3. The Morgan fingerprint density at radius 1 is 1.20 bits per heavy atom. The lowest BCUT2D eigenvalue weighted by atomic mass is 9.86. The molecule has 1 aliphatic heterocycles. The number of aliphatic hydroxyl groups excluding tert-OH is 1. The SMILES string of the molecule is CC1(C)COc2ccc(C#Cc3ccc(C(=O)O)c(OCO)c3)cc21. The molecule has 0 bridgehead atoms. The van der Waals surface area contributed by atoms with Crippen molar-refractivity contribution in [2.24, 2.45) is 0 Å². The first-order valence-corrected chi connectivity index (χ1v) is 7.81. The zero-order valence-electron chi connectivity index (χ0n) is 14.0. The van der Waals surface area contributed by atoms with E-state index >= 15 is 0 Å². The average molecular weight is 338 g/mol. The largest absolute Gasteiger partial charge is 0.492 e. The smallest absolute Gasteiger partial charge is 0.339 e. The highest BCUT2D eigenvalue weighted by atomic mass is 16.6. The van der Waals surface area contributed by atoms with Crippen LogP contribution in [0.1, 0.15) is 40.9 Å². The van der Waals surface area contributed by atoms with Gasteiger partial charge in [0.25, 0.3) is 0 Å². The maximum absolute atomic E-state index is 11.1. The number of carboxylic acid groups (broad SMARTS) is 1. The second-order valence-corrected chi connectivity index (χ2v) is 6.42. The molecular formula is C20H18O5. The molecule has 2 aromatic carbocycles. The molecule has 1 heterocycles. The number of benzene rings is 2. The molecule has 0 radical (unpaired) electrons. The lowest BCUT2D eigenvalue weighted by Crippen LogP contribution is -2.18. The highest BCUT2D eigenvalue weighted by molar-refractivity contribution is 5.91. The minimum Gasteiger partial charge on any atom is -0.492 e. The van der Waals surface area contributed by atoms with Gasteiger partial charge in [0, 0.05) is 22.1 Å². The molecule has 0 fully saturated rings. The van der Waals surface area contributed by atoms with Crippen molar-refractivity contribution in [2.75, 3.05) is 13.4 Å². The van der Waals surface area contributed by atoms with Crippen LogP contribution in [0, 0.1) is 11.8 Å². The highest BCUT2D eigenvalue weighted by Crippen LogP contribution is 2.38. The fraction of sp³-hybridized carbons (Fsp3) is 0.250. The average Bonchev–Trinajstić information content (AvgIpc) is 2.88. The fourth-order valence-corrected chi connectivity index (χ4v) is 2.71. The highest BCUT2D eigenvalue weighted by Gasteiger charge is 2.31. The van der Waals surface area contributed by atoms with Crippen LogP contribution in [0.25, 0.3) is 0 Å². The van der Waals surface area contributed by atoms with E-state index in [1.165, 1.54) is 12.1 Å². The van der Waals surface area contributed by atoms with E-state index in [-0.39, 0.29) is 16.7 Å². The summed E-state index contributed by atoms with van der Waals surface area (Å²) in [6, 6.07) is 10.4. The normalized spacial score (nSPS) is 14.0. The Kier molecular flexibility index (Phi) is 4.39. The van der Waals surface area contributed by atoms with Crippen molar-refractivity contribution < 1.29 is 24.5 Å². The van der Waals surface area contributed by atoms with Gasteiger partial charge in [-0.25, -0.2) is 4.79 Å². The van der Waals surface area contributed by atoms with Gasteiger partial charge in [-0.15, -0.1) is 0 Å². The van der Waals surface area contributed by atoms with Crippen molar-refractivity contribution in [3.8, 4) is 23.3 Å². The van der Waals surface area contributed by atoms with Gasteiger partial charge in [-0.05, 0) is 36.4 Å². The summed E-state index contributed by atoms with van der Waals surface area (Å²) in [6.07, 6.45) is 0. The maximum Gasteiger partial charge on any atom is 0.339 e. The first-order valence-electron chi connectivity index (χ1n) is 7.81. The molecule has 0 atom stereocenters. The van der Waals surface area contributed by atoms with Crippen LogP contribution >= 0.6 is 0 Å². The molecule has 3 rings (SSSR count). The number of carbonyl (C=O) groups is 1. The number of fused-ring (bicyclic) bond motifs is 1. The number of hydrogen-bond donors (Lipinski definition) is 2. The Labute approximate surface area is 145 Å². The van der Waals surface area contributed by atoms with E-state index in [1.54, 1.807) is 6.07 Å². The van der Waals surface area contributed by atoms with Crippen molar-refractivity contribution in [2.45, 2.75) is 19.3 Å². The topological polar surface area (TPSA) is 76.0 Å². The lowest BCUT2D eigenvalue weighted by Gasteiger charge is -2.14.